The van der Waals surface area contributed by atoms with E-state index in [9.17, 15) is 8.78 Å². The summed E-state index contributed by atoms with van der Waals surface area (Å²) in [5.74, 6) is 0.812. The Labute approximate surface area is 154 Å². The molecule has 0 bridgehead atoms. The van der Waals surface area contributed by atoms with Gasteiger partial charge >= 0.3 is 6.43 Å². The molecule has 2 aromatic heterocycles. The first-order valence-electron chi connectivity index (χ1n) is 8.67. The van der Waals surface area contributed by atoms with Gasteiger partial charge in [-0.1, -0.05) is 18.6 Å². The third-order valence-corrected chi connectivity index (χ3v) is 5.09. The SMILES string of the molecule is COc1ccc(C2(Cc3ncc(-c4nnc(C(F)F)o4)cn3)CCC2)cc1. The number of ether oxygens (including phenoxy) is 1. The lowest BCUT2D eigenvalue weighted by Gasteiger charge is -2.42. The number of alkyl halides is 2. The molecule has 4 rings (SSSR count). The first kappa shape index (κ1) is 17.5. The Morgan fingerprint density at radius 1 is 1.11 bits per heavy atom. The average Bonchev–Trinajstić information content (AvgIpc) is 3.16. The molecule has 8 heteroatoms. The molecule has 1 saturated carbocycles. The van der Waals surface area contributed by atoms with Crippen molar-refractivity contribution in [2.45, 2.75) is 37.5 Å². The second-order valence-electron chi connectivity index (χ2n) is 6.67. The lowest BCUT2D eigenvalue weighted by Crippen LogP contribution is -2.37. The maximum atomic E-state index is 12.6. The zero-order valence-electron chi connectivity index (χ0n) is 14.7. The van der Waals surface area contributed by atoms with E-state index in [1.807, 2.05) is 12.1 Å². The van der Waals surface area contributed by atoms with E-state index in [1.165, 1.54) is 24.4 Å². The molecule has 0 aliphatic heterocycles. The Morgan fingerprint density at radius 3 is 2.33 bits per heavy atom. The highest BCUT2D eigenvalue weighted by Gasteiger charge is 2.39. The van der Waals surface area contributed by atoms with Gasteiger partial charge in [0.25, 0.3) is 11.8 Å². The van der Waals surface area contributed by atoms with E-state index in [1.54, 1.807) is 7.11 Å². The van der Waals surface area contributed by atoms with E-state index in [4.69, 9.17) is 9.15 Å². The number of aromatic nitrogens is 4. The fourth-order valence-electron chi connectivity index (χ4n) is 3.41. The van der Waals surface area contributed by atoms with Gasteiger partial charge < -0.3 is 9.15 Å². The minimum atomic E-state index is -2.80. The molecule has 1 fully saturated rings. The van der Waals surface area contributed by atoms with Crippen molar-refractivity contribution in [3.8, 4) is 17.2 Å². The first-order valence-corrected chi connectivity index (χ1v) is 8.67. The molecule has 27 heavy (non-hydrogen) atoms. The molecule has 0 atom stereocenters. The van der Waals surface area contributed by atoms with Crippen LogP contribution in [0, 0.1) is 0 Å². The van der Waals surface area contributed by atoms with Crippen LogP contribution in [0.4, 0.5) is 8.78 Å². The van der Waals surface area contributed by atoms with Gasteiger partial charge in [-0.2, -0.15) is 8.78 Å². The van der Waals surface area contributed by atoms with Crippen molar-refractivity contribution in [1.82, 2.24) is 20.2 Å². The first-order chi connectivity index (χ1) is 13.1. The summed E-state index contributed by atoms with van der Waals surface area (Å²) in [6.07, 6.45) is 4.30. The number of hydrogen-bond donors (Lipinski definition) is 0. The number of nitrogens with zero attached hydrogens (tertiary/aromatic N) is 4. The predicted octanol–water partition coefficient (Wildman–Crippen LogP) is 4.14. The molecule has 3 aromatic rings. The molecule has 0 spiro atoms. The quantitative estimate of drug-likeness (QED) is 0.647. The molecular formula is C19H18F2N4O2. The minimum Gasteiger partial charge on any atom is -0.497 e. The van der Waals surface area contributed by atoms with Gasteiger partial charge in [-0.25, -0.2) is 9.97 Å². The maximum Gasteiger partial charge on any atom is 0.314 e. The van der Waals surface area contributed by atoms with Crippen molar-refractivity contribution in [3.05, 3.63) is 53.9 Å². The van der Waals surface area contributed by atoms with Crippen molar-refractivity contribution >= 4 is 0 Å². The molecule has 0 saturated heterocycles. The summed E-state index contributed by atoms with van der Waals surface area (Å²) in [7, 11) is 1.65. The molecule has 0 radical (unpaired) electrons. The number of methoxy groups -OCH3 is 1. The number of halogens is 2. The predicted molar refractivity (Wildman–Crippen MR) is 92.5 cm³/mol. The third kappa shape index (κ3) is 3.39. The van der Waals surface area contributed by atoms with Gasteiger partial charge in [-0.3, -0.25) is 0 Å². The Balaban J connectivity index is 1.52. The summed E-state index contributed by atoms with van der Waals surface area (Å²) in [4.78, 5) is 8.77. The van der Waals surface area contributed by atoms with Crippen molar-refractivity contribution in [1.29, 1.82) is 0 Å². The van der Waals surface area contributed by atoms with Crippen molar-refractivity contribution in [2.24, 2.45) is 0 Å². The van der Waals surface area contributed by atoms with Crippen LogP contribution in [0.15, 0.2) is 41.1 Å². The van der Waals surface area contributed by atoms with Gasteiger partial charge in [0, 0.05) is 24.2 Å². The van der Waals surface area contributed by atoms with Gasteiger partial charge in [0.05, 0.1) is 12.7 Å². The van der Waals surface area contributed by atoms with E-state index in [-0.39, 0.29) is 11.3 Å². The summed E-state index contributed by atoms with van der Waals surface area (Å²) < 4.78 is 35.3. The molecular weight excluding hydrogens is 354 g/mol. The third-order valence-electron chi connectivity index (χ3n) is 5.09. The molecule has 1 aliphatic rings. The van der Waals surface area contributed by atoms with Crippen LogP contribution in [0.1, 0.15) is 43.0 Å². The maximum absolute atomic E-state index is 12.6. The Kier molecular flexibility index (Phi) is 4.55. The largest absolute Gasteiger partial charge is 0.497 e. The molecule has 0 N–H and O–H groups in total. The summed E-state index contributed by atoms with van der Waals surface area (Å²) in [5.41, 5.74) is 1.70. The van der Waals surface area contributed by atoms with E-state index < -0.39 is 12.3 Å². The van der Waals surface area contributed by atoms with Crippen LogP contribution >= 0.6 is 0 Å². The Hall–Kier alpha value is -2.90. The molecule has 1 aliphatic carbocycles. The summed E-state index contributed by atoms with van der Waals surface area (Å²) in [5, 5.41) is 6.93. The van der Waals surface area contributed by atoms with Crippen LogP contribution in [0.2, 0.25) is 0 Å². The zero-order chi connectivity index (χ0) is 18.9. The highest BCUT2D eigenvalue weighted by Crippen LogP contribution is 2.46. The Bertz CT molecular complexity index is 906. The van der Waals surface area contributed by atoms with Crippen molar-refractivity contribution in [3.63, 3.8) is 0 Å². The van der Waals surface area contributed by atoms with Crippen LogP contribution < -0.4 is 4.74 Å². The zero-order valence-corrected chi connectivity index (χ0v) is 14.7. The minimum absolute atomic E-state index is 0.00892. The molecule has 0 unspecified atom stereocenters. The second-order valence-corrected chi connectivity index (χ2v) is 6.67. The second kappa shape index (κ2) is 7.02. The topological polar surface area (TPSA) is 73.9 Å². The summed E-state index contributed by atoms with van der Waals surface area (Å²) in [6, 6.07) is 8.12. The van der Waals surface area contributed by atoms with Crippen molar-refractivity contribution in [2.75, 3.05) is 7.11 Å². The molecule has 1 aromatic carbocycles. The highest BCUT2D eigenvalue weighted by molar-refractivity contribution is 5.48. The van der Waals surface area contributed by atoms with Gasteiger partial charge in [0.15, 0.2) is 0 Å². The van der Waals surface area contributed by atoms with E-state index in [0.717, 1.165) is 18.6 Å². The number of rotatable bonds is 6. The van der Waals surface area contributed by atoms with Gasteiger partial charge in [0.2, 0.25) is 0 Å². The summed E-state index contributed by atoms with van der Waals surface area (Å²) in [6.45, 7) is 0. The van der Waals surface area contributed by atoms with Gasteiger partial charge in [0.1, 0.15) is 11.6 Å². The fraction of sp³-hybridized carbons (Fsp3) is 0.368. The highest BCUT2D eigenvalue weighted by atomic mass is 19.3. The van der Waals surface area contributed by atoms with E-state index >= 15 is 0 Å². The normalized spacial score (nSPS) is 15.6. The van der Waals surface area contributed by atoms with Gasteiger partial charge in [-0.15, -0.1) is 10.2 Å². The van der Waals surface area contributed by atoms with Crippen LogP contribution in [0.3, 0.4) is 0 Å². The molecule has 140 valence electrons. The Morgan fingerprint density at radius 2 is 1.81 bits per heavy atom. The monoisotopic (exact) mass is 372 g/mol. The number of hydrogen-bond acceptors (Lipinski definition) is 6. The molecule has 0 amide bonds. The standard InChI is InChI=1S/C19H18F2N4O2/c1-26-14-5-3-13(4-6-14)19(7-2-8-19)9-15-22-10-12(11-23-15)17-24-25-18(27-17)16(20)21/h3-6,10-11,16H,2,7-9H2,1H3. The van der Waals surface area contributed by atoms with Gasteiger partial charge in [-0.05, 0) is 30.5 Å². The van der Waals surface area contributed by atoms with Crippen LogP contribution in [0.5, 0.6) is 5.75 Å². The van der Waals surface area contributed by atoms with E-state index in [0.29, 0.717) is 17.8 Å². The fourth-order valence-corrected chi connectivity index (χ4v) is 3.41. The molecule has 2 heterocycles. The van der Waals surface area contributed by atoms with E-state index in [2.05, 4.69) is 32.3 Å². The van der Waals surface area contributed by atoms with Crippen LogP contribution in [-0.4, -0.2) is 27.3 Å². The summed E-state index contributed by atoms with van der Waals surface area (Å²) >= 11 is 0. The lowest BCUT2D eigenvalue weighted by atomic mass is 9.62. The van der Waals surface area contributed by atoms with Crippen LogP contribution in [0.25, 0.3) is 11.5 Å². The smallest absolute Gasteiger partial charge is 0.314 e. The van der Waals surface area contributed by atoms with Crippen LogP contribution in [-0.2, 0) is 11.8 Å². The average molecular weight is 372 g/mol. The van der Waals surface area contributed by atoms with Crippen molar-refractivity contribution < 1.29 is 17.9 Å². The molecule has 6 nitrogen and oxygen atoms in total. The lowest BCUT2D eigenvalue weighted by molar-refractivity contribution is 0.116. The number of benzene rings is 1.